The first-order valence-electron chi connectivity index (χ1n) is 8.42. The van der Waals surface area contributed by atoms with Gasteiger partial charge in [0.25, 0.3) is 0 Å². The van der Waals surface area contributed by atoms with Crippen LogP contribution in [-0.4, -0.2) is 33.3 Å². The first-order valence-corrected chi connectivity index (χ1v) is 9.90. The molecule has 0 fully saturated rings. The molecule has 0 aliphatic rings. The van der Waals surface area contributed by atoms with E-state index in [2.05, 4.69) is 4.72 Å². The van der Waals surface area contributed by atoms with Crippen LogP contribution in [0.1, 0.15) is 33.9 Å². The first-order chi connectivity index (χ1) is 12.1. The number of carbonyl (C=O) groups is 1. The van der Waals surface area contributed by atoms with E-state index >= 15 is 0 Å². The van der Waals surface area contributed by atoms with Crippen molar-refractivity contribution in [3.63, 3.8) is 0 Å². The van der Waals surface area contributed by atoms with E-state index in [1.807, 2.05) is 26.0 Å². The molecule has 1 unspecified atom stereocenters. The van der Waals surface area contributed by atoms with Gasteiger partial charge in [-0.3, -0.25) is 4.79 Å². The molecule has 6 heteroatoms. The Balaban J connectivity index is 2.57. The second kappa shape index (κ2) is 7.60. The Bertz CT molecular complexity index is 894. The van der Waals surface area contributed by atoms with Crippen LogP contribution in [0, 0.1) is 27.7 Å². The molecule has 0 aliphatic heterocycles. The lowest BCUT2D eigenvalue weighted by atomic mass is 10.0. The van der Waals surface area contributed by atoms with Gasteiger partial charge >= 0.3 is 0 Å². The molecule has 140 valence electrons. The minimum Gasteiger partial charge on any atom is -0.347 e. The fraction of sp³-hybridized carbons (Fsp3) is 0.350. The van der Waals surface area contributed by atoms with Crippen LogP contribution in [-0.2, 0) is 14.8 Å². The summed E-state index contributed by atoms with van der Waals surface area (Å²) >= 11 is 0. The van der Waals surface area contributed by atoms with Crippen LogP contribution >= 0.6 is 0 Å². The molecule has 0 saturated carbocycles. The van der Waals surface area contributed by atoms with Crippen molar-refractivity contribution in [1.82, 2.24) is 9.62 Å². The topological polar surface area (TPSA) is 66.5 Å². The number of likely N-dealkylation sites (N-methyl/N-ethyl adjacent to an activating group) is 1. The monoisotopic (exact) mass is 374 g/mol. The second-order valence-corrected chi connectivity index (χ2v) is 8.44. The molecule has 0 radical (unpaired) electrons. The van der Waals surface area contributed by atoms with Crippen LogP contribution in [0.4, 0.5) is 0 Å². The van der Waals surface area contributed by atoms with Crippen LogP contribution in [0.15, 0.2) is 41.3 Å². The number of nitrogens with zero attached hydrogens (tertiary/aromatic N) is 1. The van der Waals surface area contributed by atoms with Gasteiger partial charge < -0.3 is 4.90 Å². The molecular weight excluding hydrogens is 348 g/mol. The largest absolute Gasteiger partial charge is 0.347 e. The van der Waals surface area contributed by atoms with E-state index in [0.717, 1.165) is 11.1 Å². The first kappa shape index (κ1) is 20.1. The molecule has 2 aromatic rings. The summed E-state index contributed by atoms with van der Waals surface area (Å²) in [5.41, 5.74) is 3.82. The van der Waals surface area contributed by atoms with Crippen molar-refractivity contribution in [1.29, 1.82) is 0 Å². The average molecular weight is 375 g/mol. The Morgan fingerprint density at radius 1 is 0.962 bits per heavy atom. The summed E-state index contributed by atoms with van der Waals surface area (Å²) in [4.78, 5) is 14.3. The highest BCUT2D eigenvalue weighted by Gasteiger charge is 2.30. The van der Waals surface area contributed by atoms with Gasteiger partial charge in [-0.25, -0.2) is 8.42 Å². The number of aryl methyl sites for hydroxylation is 2. The zero-order chi connectivity index (χ0) is 19.6. The summed E-state index contributed by atoms with van der Waals surface area (Å²) in [6.07, 6.45) is 0. The van der Waals surface area contributed by atoms with E-state index in [-0.39, 0.29) is 10.8 Å². The van der Waals surface area contributed by atoms with Gasteiger partial charge in [0.2, 0.25) is 15.9 Å². The van der Waals surface area contributed by atoms with Gasteiger partial charge in [-0.1, -0.05) is 36.4 Å². The van der Waals surface area contributed by atoms with Crippen molar-refractivity contribution in [3.8, 4) is 0 Å². The van der Waals surface area contributed by atoms with E-state index in [1.54, 1.807) is 52.2 Å². The molecule has 0 aliphatic carbocycles. The molecule has 26 heavy (non-hydrogen) atoms. The SMILES string of the molecule is Cc1cc(C)c(C)c(S(=O)(=O)NC(C(=O)N(C)C)c2ccccc2)c1C. The molecule has 1 N–H and O–H groups in total. The standard InChI is InChI=1S/C20H26N2O3S/c1-13-12-14(2)16(4)19(15(13)3)26(24,25)21-18(20(23)22(5)6)17-10-8-7-9-11-17/h7-12,18,21H,1-6H3. The van der Waals surface area contributed by atoms with Gasteiger partial charge in [-0.05, 0) is 55.5 Å². The lowest BCUT2D eigenvalue weighted by Crippen LogP contribution is -2.40. The van der Waals surface area contributed by atoms with Crippen molar-refractivity contribution in [2.75, 3.05) is 14.1 Å². The van der Waals surface area contributed by atoms with Crippen LogP contribution in [0.3, 0.4) is 0 Å². The average Bonchev–Trinajstić information content (AvgIpc) is 2.58. The lowest BCUT2D eigenvalue weighted by molar-refractivity contribution is -0.130. The van der Waals surface area contributed by atoms with Crippen molar-refractivity contribution >= 4 is 15.9 Å². The highest BCUT2D eigenvalue weighted by Crippen LogP contribution is 2.28. The number of sulfonamides is 1. The summed E-state index contributed by atoms with van der Waals surface area (Å²) in [5.74, 6) is -0.320. The molecule has 1 amide bonds. The van der Waals surface area contributed by atoms with Gasteiger partial charge in [-0.2, -0.15) is 4.72 Å². The van der Waals surface area contributed by atoms with Crippen molar-refractivity contribution in [3.05, 3.63) is 64.2 Å². The van der Waals surface area contributed by atoms with Crippen LogP contribution in [0.2, 0.25) is 0 Å². The number of hydrogen-bond donors (Lipinski definition) is 1. The smallest absolute Gasteiger partial charge is 0.244 e. The van der Waals surface area contributed by atoms with Crippen molar-refractivity contribution in [2.45, 2.75) is 38.6 Å². The van der Waals surface area contributed by atoms with E-state index in [4.69, 9.17) is 0 Å². The predicted octanol–water partition coefficient (Wildman–Crippen LogP) is 3.03. The highest BCUT2D eigenvalue weighted by atomic mass is 32.2. The molecule has 1 atom stereocenters. The molecule has 2 rings (SSSR count). The number of rotatable bonds is 5. The molecule has 0 bridgehead atoms. The molecule has 0 aromatic heterocycles. The molecule has 2 aromatic carbocycles. The molecule has 0 heterocycles. The van der Waals surface area contributed by atoms with E-state index in [9.17, 15) is 13.2 Å². The number of carbonyl (C=O) groups excluding carboxylic acids is 1. The minimum atomic E-state index is -3.89. The van der Waals surface area contributed by atoms with Gasteiger partial charge in [0.1, 0.15) is 6.04 Å². The van der Waals surface area contributed by atoms with E-state index in [0.29, 0.717) is 16.7 Å². The summed E-state index contributed by atoms with van der Waals surface area (Å²) in [6.45, 7) is 7.37. The zero-order valence-electron chi connectivity index (χ0n) is 16.1. The van der Waals surface area contributed by atoms with Crippen LogP contribution < -0.4 is 4.72 Å². The third-order valence-electron chi connectivity index (χ3n) is 4.66. The third-order valence-corrected chi connectivity index (χ3v) is 6.36. The molecule has 0 saturated heterocycles. The van der Waals surface area contributed by atoms with Crippen LogP contribution in [0.5, 0.6) is 0 Å². The summed E-state index contributed by atoms with van der Waals surface area (Å²) < 4.78 is 29.0. The van der Waals surface area contributed by atoms with Crippen molar-refractivity contribution in [2.24, 2.45) is 0 Å². The fourth-order valence-electron chi connectivity index (χ4n) is 2.96. The van der Waals surface area contributed by atoms with E-state index in [1.165, 1.54) is 4.90 Å². The molecule has 5 nitrogen and oxygen atoms in total. The molecular formula is C20H26N2O3S. The Morgan fingerprint density at radius 3 is 1.92 bits per heavy atom. The van der Waals surface area contributed by atoms with Gasteiger partial charge in [-0.15, -0.1) is 0 Å². The number of hydrogen-bond acceptors (Lipinski definition) is 3. The maximum absolute atomic E-state index is 13.2. The van der Waals surface area contributed by atoms with E-state index < -0.39 is 16.1 Å². The second-order valence-electron chi connectivity index (χ2n) is 6.79. The predicted molar refractivity (Wildman–Crippen MR) is 104 cm³/mol. The minimum absolute atomic E-state index is 0.252. The van der Waals surface area contributed by atoms with Crippen LogP contribution in [0.25, 0.3) is 0 Å². The number of benzene rings is 2. The number of amides is 1. The normalized spacial score (nSPS) is 12.7. The summed E-state index contributed by atoms with van der Waals surface area (Å²) in [7, 11) is -0.668. The van der Waals surface area contributed by atoms with Gasteiger partial charge in [0.05, 0.1) is 4.90 Å². The Morgan fingerprint density at radius 2 is 1.46 bits per heavy atom. The van der Waals surface area contributed by atoms with Gasteiger partial charge in [0.15, 0.2) is 0 Å². The third kappa shape index (κ3) is 3.97. The summed E-state index contributed by atoms with van der Waals surface area (Å²) in [5, 5.41) is 0. The Labute approximate surface area is 156 Å². The zero-order valence-corrected chi connectivity index (χ0v) is 16.9. The Kier molecular flexibility index (Phi) is 5.88. The van der Waals surface area contributed by atoms with Gasteiger partial charge in [0, 0.05) is 14.1 Å². The number of nitrogens with one attached hydrogen (secondary N) is 1. The maximum atomic E-state index is 13.2. The molecule has 0 spiro atoms. The quantitative estimate of drug-likeness (QED) is 0.875. The summed E-state index contributed by atoms with van der Waals surface area (Å²) in [6, 6.07) is 9.89. The fourth-order valence-corrected chi connectivity index (χ4v) is 4.76. The maximum Gasteiger partial charge on any atom is 0.244 e. The lowest BCUT2D eigenvalue weighted by Gasteiger charge is -2.24. The van der Waals surface area contributed by atoms with Crippen molar-refractivity contribution < 1.29 is 13.2 Å². The highest BCUT2D eigenvalue weighted by molar-refractivity contribution is 7.89. The Hall–Kier alpha value is -2.18.